The minimum absolute atomic E-state index is 0.367. The van der Waals surface area contributed by atoms with Crippen molar-refractivity contribution in [3.63, 3.8) is 0 Å². The van der Waals surface area contributed by atoms with E-state index in [1.807, 2.05) is 7.05 Å². The first-order valence-electron chi connectivity index (χ1n) is 8.16. The summed E-state index contributed by atoms with van der Waals surface area (Å²) in [6.07, 6.45) is 3.96. The lowest BCUT2D eigenvalue weighted by Gasteiger charge is -2.39. The Morgan fingerprint density at radius 1 is 1.29 bits per heavy atom. The Balaban J connectivity index is 2.24. The van der Waals surface area contributed by atoms with Crippen molar-refractivity contribution < 1.29 is 4.74 Å². The van der Waals surface area contributed by atoms with Crippen LogP contribution in [0.1, 0.15) is 57.2 Å². The summed E-state index contributed by atoms with van der Waals surface area (Å²) in [5.74, 6) is 1.01. The van der Waals surface area contributed by atoms with Crippen LogP contribution in [0.25, 0.3) is 0 Å². The molecule has 0 aliphatic carbocycles. The Labute approximate surface area is 129 Å². The van der Waals surface area contributed by atoms with Crippen LogP contribution in [0, 0.1) is 0 Å². The van der Waals surface area contributed by atoms with Crippen LogP contribution in [0.3, 0.4) is 0 Å². The minimum atomic E-state index is 0.367. The Morgan fingerprint density at radius 3 is 2.52 bits per heavy atom. The molecule has 3 unspecified atom stereocenters. The maximum atomic E-state index is 5.58. The third kappa shape index (κ3) is 3.78. The predicted molar refractivity (Wildman–Crippen MR) is 88.8 cm³/mol. The summed E-state index contributed by atoms with van der Waals surface area (Å²) in [6, 6.07) is 8.25. The molecule has 0 spiro atoms. The second-order valence-electron chi connectivity index (χ2n) is 6.38. The summed E-state index contributed by atoms with van der Waals surface area (Å²) in [5, 5.41) is 3.31. The Bertz CT molecular complexity index is 451. The van der Waals surface area contributed by atoms with E-state index in [2.05, 4.69) is 49.2 Å². The smallest absolute Gasteiger partial charge is 0.123 e. The zero-order chi connectivity index (χ0) is 15.4. The fourth-order valence-electron chi connectivity index (χ4n) is 3.34. The molecule has 1 aliphatic rings. The van der Waals surface area contributed by atoms with Crippen LogP contribution in [0.4, 0.5) is 0 Å². The Hall–Kier alpha value is -1.06. The van der Waals surface area contributed by atoms with E-state index in [4.69, 9.17) is 4.74 Å². The topological polar surface area (TPSA) is 24.5 Å². The van der Waals surface area contributed by atoms with Crippen LogP contribution in [0.2, 0.25) is 0 Å². The van der Waals surface area contributed by atoms with Crippen molar-refractivity contribution in [1.82, 2.24) is 10.2 Å². The van der Waals surface area contributed by atoms with E-state index in [1.54, 1.807) is 7.11 Å². The number of rotatable bonds is 5. The average molecular weight is 290 g/mol. The van der Waals surface area contributed by atoms with Gasteiger partial charge in [-0.1, -0.05) is 12.5 Å². The number of hydrogen-bond donors (Lipinski definition) is 1. The summed E-state index contributed by atoms with van der Waals surface area (Å²) in [7, 11) is 3.77. The van der Waals surface area contributed by atoms with Crippen molar-refractivity contribution in [3.8, 4) is 5.75 Å². The van der Waals surface area contributed by atoms with Gasteiger partial charge in [-0.05, 0) is 58.4 Å². The number of likely N-dealkylation sites (tertiary alicyclic amines) is 1. The highest BCUT2D eigenvalue weighted by Gasteiger charge is 2.25. The molecule has 1 aliphatic heterocycles. The summed E-state index contributed by atoms with van der Waals surface area (Å²) in [5.41, 5.74) is 2.63. The highest BCUT2D eigenvalue weighted by atomic mass is 16.5. The molecule has 2 rings (SSSR count). The number of benzene rings is 1. The highest BCUT2D eigenvalue weighted by molar-refractivity contribution is 5.38. The van der Waals surface area contributed by atoms with Gasteiger partial charge in [-0.25, -0.2) is 0 Å². The molecule has 3 atom stereocenters. The minimum Gasteiger partial charge on any atom is -0.496 e. The van der Waals surface area contributed by atoms with Gasteiger partial charge in [-0.2, -0.15) is 0 Å². The van der Waals surface area contributed by atoms with Gasteiger partial charge in [0.2, 0.25) is 0 Å². The van der Waals surface area contributed by atoms with Crippen molar-refractivity contribution in [2.75, 3.05) is 14.2 Å². The second-order valence-corrected chi connectivity index (χ2v) is 6.38. The van der Waals surface area contributed by atoms with Gasteiger partial charge >= 0.3 is 0 Å². The first-order chi connectivity index (χ1) is 10.1. The maximum absolute atomic E-state index is 5.58. The quantitative estimate of drug-likeness (QED) is 0.894. The van der Waals surface area contributed by atoms with Crippen LogP contribution in [-0.4, -0.2) is 31.1 Å². The van der Waals surface area contributed by atoms with Crippen molar-refractivity contribution in [2.24, 2.45) is 0 Å². The summed E-state index contributed by atoms with van der Waals surface area (Å²) >= 11 is 0. The van der Waals surface area contributed by atoms with E-state index in [0.717, 1.165) is 12.3 Å². The zero-order valence-electron chi connectivity index (χ0n) is 14.1. The highest BCUT2D eigenvalue weighted by Crippen LogP contribution is 2.29. The van der Waals surface area contributed by atoms with Crippen molar-refractivity contribution in [2.45, 2.75) is 64.7 Å². The standard InChI is InChI=1S/C18H30N2O/c1-13-7-6-8-14(2)20(13)12-17-11-16(15(3)19-4)9-10-18(17)21-5/h9-11,13-15,19H,6-8,12H2,1-5H3. The first-order valence-corrected chi connectivity index (χ1v) is 8.16. The van der Waals surface area contributed by atoms with E-state index in [1.165, 1.54) is 30.4 Å². The summed E-state index contributed by atoms with van der Waals surface area (Å²) in [4.78, 5) is 2.62. The van der Waals surface area contributed by atoms with Crippen LogP contribution in [0.15, 0.2) is 18.2 Å². The third-order valence-corrected chi connectivity index (χ3v) is 4.97. The van der Waals surface area contributed by atoms with E-state index in [9.17, 15) is 0 Å². The third-order valence-electron chi connectivity index (χ3n) is 4.97. The van der Waals surface area contributed by atoms with E-state index < -0.39 is 0 Å². The van der Waals surface area contributed by atoms with Gasteiger partial charge in [0, 0.05) is 30.2 Å². The second kappa shape index (κ2) is 7.28. The number of nitrogens with one attached hydrogen (secondary N) is 1. The number of ether oxygens (including phenoxy) is 1. The van der Waals surface area contributed by atoms with Crippen molar-refractivity contribution in [1.29, 1.82) is 0 Å². The SMILES string of the molecule is CNC(C)c1ccc(OC)c(CN2C(C)CCCC2C)c1. The molecule has 0 saturated carbocycles. The molecular formula is C18H30N2O. The van der Waals surface area contributed by atoms with Crippen LogP contribution in [-0.2, 0) is 6.54 Å². The van der Waals surface area contributed by atoms with Crippen LogP contribution in [0.5, 0.6) is 5.75 Å². The van der Waals surface area contributed by atoms with Gasteiger partial charge in [0.1, 0.15) is 5.75 Å². The van der Waals surface area contributed by atoms with Gasteiger partial charge in [0.05, 0.1) is 7.11 Å². The molecule has 21 heavy (non-hydrogen) atoms. The fraction of sp³-hybridized carbons (Fsp3) is 0.667. The average Bonchev–Trinajstić information content (AvgIpc) is 2.50. The molecule has 1 heterocycles. The van der Waals surface area contributed by atoms with E-state index in [0.29, 0.717) is 18.1 Å². The number of hydrogen-bond acceptors (Lipinski definition) is 3. The Kier molecular flexibility index (Phi) is 5.65. The number of piperidine rings is 1. The van der Waals surface area contributed by atoms with E-state index in [-0.39, 0.29) is 0 Å². The molecule has 1 aromatic carbocycles. The first kappa shape index (κ1) is 16.3. The van der Waals surface area contributed by atoms with Gasteiger partial charge in [-0.15, -0.1) is 0 Å². The molecule has 3 nitrogen and oxygen atoms in total. The molecular weight excluding hydrogens is 260 g/mol. The Morgan fingerprint density at radius 2 is 1.95 bits per heavy atom. The van der Waals surface area contributed by atoms with Gasteiger partial charge in [-0.3, -0.25) is 4.90 Å². The lowest BCUT2D eigenvalue weighted by Crippen LogP contribution is -2.43. The van der Waals surface area contributed by atoms with Crippen molar-refractivity contribution >= 4 is 0 Å². The number of methoxy groups -OCH3 is 1. The molecule has 1 saturated heterocycles. The summed E-state index contributed by atoms with van der Waals surface area (Å²) < 4.78 is 5.58. The summed E-state index contributed by atoms with van der Waals surface area (Å²) in [6.45, 7) is 7.87. The molecule has 1 fully saturated rings. The fourth-order valence-corrected chi connectivity index (χ4v) is 3.34. The van der Waals surface area contributed by atoms with Crippen LogP contribution >= 0.6 is 0 Å². The molecule has 0 radical (unpaired) electrons. The molecule has 0 bridgehead atoms. The normalized spacial score (nSPS) is 24.8. The van der Waals surface area contributed by atoms with Crippen LogP contribution < -0.4 is 10.1 Å². The molecule has 3 heteroatoms. The number of nitrogens with zero attached hydrogens (tertiary/aromatic N) is 1. The molecule has 118 valence electrons. The predicted octanol–water partition coefficient (Wildman–Crippen LogP) is 3.74. The lowest BCUT2D eigenvalue weighted by molar-refractivity contribution is 0.0943. The zero-order valence-corrected chi connectivity index (χ0v) is 14.1. The molecule has 0 amide bonds. The van der Waals surface area contributed by atoms with Gasteiger partial charge in [0.15, 0.2) is 0 Å². The maximum Gasteiger partial charge on any atom is 0.123 e. The largest absolute Gasteiger partial charge is 0.496 e. The van der Waals surface area contributed by atoms with E-state index >= 15 is 0 Å². The van der Waals surface area contributed by atoms with Gasteiger partial charge in [0.25, 0.3) is 0 Å². The lowest BCUT2D eigenvalue weighted by atomic mass is 9.96. The molecule has 1 N–H and O–H groups in total. The van der Waals surface area contributed by atoms with Gasteiger partial charge < -0.3 is 10.1 Å². The van der Waals surface area contributed by atoms with Crippen molar-refractivity contribution in [3.05, 3.63) is 29.3 Å². The molecule has 1 aromatic rings. The monoisotopic (exact) mass is 290 g/mol. The molecule has 0 aromatic heterocycles.